The molecule has 2 rings (SSSR count). The van der Waals surface area contributed by atoms with Crippen molar-refractivity contribution in [3.63, 3.8) is 0 Å². The highest BCUT2D eigenvalue weighted by atomic mass is 15.0. The Kier molecular flexibility index (Phi) is 4.59. The van der Waals surface area contributed by atoms with E-state index in [4.69, 9.17) is 0 Å². The molecule has 1 N–H and O–H groups in total. The van der Waals surface area contributed by atoms with Crippen LogP contribution in [0.2, 0.25) is 0 Å². The Balaban J connectivity index is 2.44. The van der Waals surface area contributed by atoms with Crippen molar-refractivity contribution in [2.75, 3.05) is 12.4 Å². The Labute approximate surface area is 127 Å². The first-order valence-corrected chi connectivity index (χ1v) is 7.10. The van der Waals surface area contributed by atoms with Crippen molar-refractivity contribution in [2.24, 2.45) is 4.99 Å². The number of rotatable bonds is 3. The molecule has 0 amide bonds. The molecular weight excluding hydrogens is 256 g/mol. The van der Waals surface area contributed by atoms with Gasteiger partial charge in [-0.2, -0.15) is 0 Å². The van der Waals surface area contributed by atoms with Gasteiger partial charge < -0.3 is 5.32 Å². The standard InChI is InChI=1S/C19H22N2/c1-6-16-9-7-8-10-17(16)19(20-5)21-18-14(3)11-13(2)12-15(18)4/h6-12H,1H2,2-5H3,(H,20,21). The number of nitrogens with zero attached hydrogens (tertiary/aromatic N) is 1. The van der Waals surface area contributed by atoms with Crippen molar-refractivity contribution in [1.29, 1.82) is 0 Å². The number of aliphatic imine (C=N–C) groups is 1. The Hall–Kier alpha value is -2.35. The summed E-state index contributed by atoms with van der Waals surface area (Å²) in [6.07, 6.45) is 1.86. The third kappa shape index (κ3) is 3.22. The maximum Gasteiger partial charge on any atom is 0.133 e. The van der Waals surface area contributed by atoms with E-state index in [1.165, 1.54) is 16.7 Å². The van der Waals surface area contributed by atoms with Crippen molar-refractivity contribution in [2.45, 2.75) is 20.8 Å². The molecule has 108 valence electrons. The average molecular weight is 278 g/mol. The predicted octanol–water partition coefficient (Wildman–Crippen LogP) is 4.74. The molecule has 0 unspecified atom stereocenters. The molecule has 0 aliphatic rings. The van der Waals surface area contributed by atoms with Gasteiger partial charge in [0.1, 0.15) is 5.84 Å². The maximum absolute atomic E-state index is 4.42. The molecule has 2 aromatic rings. The van der Waals surface area contributed by atoms with Crippen LogP contribution in [0, 0.1) is 20.8 Å². The van der Waals surface area contributed by atoms with E-state index in [0.717, 1.165) is 22.6 Å². The second kappa shape index (κ2) is 6.40. The number of amidine groups is 1. The van der Waals surface area contributed by atoms with Gasteiger partial charge in [0.25, 0.3) is 0 Å². The number of benzene rings is 2. The minimum Gasteiger partial charge on any atom is -0.340 e. The van der Waals surface area contributed by atoms with Crippen LogP contribution in [0.3, 0.4) is 0 Å². The van der Waals surface area contributed by atoms with Crippen LogP contribution >= 0.6 is 0 Å². The Morgan fingerprint density at radius 3 is 2.29 bits per heavy atom. The van der Waals surface area contributed by atoms with Gasteiger partial charge in [-0.25, -0.2) is 0 Å². The van der Waals surface area contributed by atoms with Crippen LogP contribution < -0.4 is 5.32 Å². The number of hydrogen-bond donors (Lipinski definition) is 1. The van der Waals surface area contributed by atoms with Gasteiger partial charge in [-0.05, 0) is 37.5 Å². The first-order chi connectivity index (χ1) is 10.1. The first-order valence-electron chi connectivity index (χ1n) is 7.10. The normalized spacial score (nSPS) is 11.3. The van der Waals surface area contributed by atoms with E-state index in [1.54, 1.807) is 7.05 Å². The molecule has 0 heterocycles. The van der Waals surface area contributed by atoms with Gasteiger partial charge in [0.05, 0.1) is 0 Å². The zero-order valence-corrected chi connectivity index (χ0v) is 13.2. The Morgan fingerprint density at radius 1 is 1.10 bits per heavy atom. The van der Waals surface area contributed by atoms with Gasteiger partial charge in [0.2, 0.25) is 0 Å². The second-order valence-electron chi connectivity index (χ2n) is 5.26. The van der Waals surface area contributed by atoms with E-state index in [0.29, 0.717) is 0 Å². The average Bonchev–Trinajstić information content (AvgIpc) is 2.46. The van der Waals surface area contributed by atoms with Crippen LogP contribution in [0.1, 0.15) is 27.8 Å². The number of aryl methyl sites for hydroxylation is 3. The summed E-state index contributed by atoms with van der Waals surface area (Å²) >= 11 is 0. The summed E-state index contributed by atoms with van der Waals surface area (Å²) in [5.41, 5.74) is 6.99. The van der Waals surface area contributed by atoms with Gasteiger partial charge in [0, 0.05) is 18.3 Å². The quantitative estimate of drug-likeness (QED) is 0.636. The molecule has 0 aromatic heterocycles. The fourth-order valence-electron chi connectivity index (χ4n) is 2.63. The minimum absolute atomic E-state index is 0.862. The van der Waals surface area contributed by atoms with Crippen LogP contribution in [-0.2, 0) is 0 Å². The largest absolute Gasteiger partial charge is 0.340 e. The highest BCUT2D eigenvalue weighted by Gasteiger charge is 2.10. The van der Waals surface area contributed by atoms with E-state index in [9.17, 15) is 0 Å². The van der Waals surface area contributed by atoms with E-state index >= 15 is 0 Å². The highest BCUT2D eigenvalue weighted by Crippen LogP contribution is 2.23. The summed E-state index contributed by atoms with van der Waals surface area (Å²) in [5.74, 6) is 0.862. The second-order valence-corrected chi connectivity index (χ2v) is 5.26. The molecule has 2 heteroatoms. The summed E-state index contributed by atoms with van der Waals surface area (Å²) < 4.78 is 0. The van der Waals surface area contributed by atoms with E-state index in [2.05, 4.69) is 55.9 Å². The molecule has 0 fully saturated rings. The van der Waals surface area contributed by atoms with Crippen LogP contribution in [0.5, 0.6) is 0 Å². The summed E-state index contributed by atoms with van der Waals surface area (Å²) in [7, 11) is 1.81. The van der Waals surface area contributed by atoms with Gasteiger partial charge in [0.15, 0.2) is 0 Å². The summed E-state index contributed by atoms with van der Waals surface area (Å²) in [6, 6.07) is 12.5. The minimum atomic E-state index is 0.862. The zero-order valence-electron chi connectivity index (χ0n) is 13.2. The van der Waals surface area contributed by atoms with E-state index in [1.807, 2.05) is 24.3 Å². The lowest BCUT2D eigenvalue weighted by atomic mass is 10.0. The van der Waals surface area contributed by atoms with Crippen molar-refractivity contribution in [3.05, 3.63) is 70.8 Å². The van der Waals surface area contributed by atoms with E-state index in [-0.39, 0.29) is 0 Å². The van der Waals surface area contributed by atoms with Gasteiger partial charge in [-0.15, -0.1) is 0 Å². The lowest BCUT2D eigenvalue weighted by molar-refractivity contribution is 1.31. The van der Waals surface area contributed by atoms with E-state index < -0.39 is 0 Å². The Morgan fingerprint density at radius 2 is 1.71 bits per heavy atom. The van der Waals surface area contributed by atoms with Crippen molar-refractivity contribution >= 4 is 17.6 Å². The lowest BCUT2D eigenvalue weighted by Crippen LogP contribution is -2.16. The van der Waals surface area contributed by atoms with Crippen molar-refractivity contribution in [1.82, 2.24) is 0 Å². The van der Waals surface area contributed by atoms with Gasteiger partial charge in [-0.3, -0.25) is 4.99 Å². The summed E-state index contributed by atoms with van der Waals surface area (Å²) in [6.45, 7) is 10.2. The fourth-order valence-corrected chi connectivity index (χ4v) is 2.63. The van der Waals surface area contributed by atoms with Gasteiger partial charge >= 0.3 is 0 Å². The number of anilines is 1. The molecule has 0 aliphatic heterocycles. The zero-order chi connectivity index (χ0) is 15.4. The molecule has 0 radical (unpaired) electrons. The molecule has 0 aliphatic carbocycles. The van der Waals surface area contributed by atoms with Crippen LogP contribution in [0.4, 0.5) is 5.69 Å². The molecule has 21 heavy (non-hydrogen) atoms. The predicted molar refractivity (Wildman–Crippen MR) is 93.3 cm³/mol. The first kappa shape index (κ1) is 15.0. The topological polar surface area (TPSA) is 24.4 Å². The van der Waals surface area contributed by atoms with Crippen LogP contribution in [-0.4, -0.2) is 12.9 Å². The number of nitrogens with one attached hydrogen (secondary N) is 1. The molecule has 0 bridgehead atoms. The molecule has 0 saturated heterocycles. The molecular formula is C19H22N2. The SMILES string of the molecule is C=Cc1ccccc1C(=NC)Nc1c(C)cc(C)cc1C. The number of hydrogen-bond acceptors (Lipinski definition) is 1. The highest BCUT2D eigenvalue weighted by molar-refractivity contribution is 6.10. The third-order valence-corrected chi connectivity index (χ3v) is 3.58. The van der Waals surface area contributed by atoms with Gasteiger partial charge in [-0.1, -0.05) is 54.6 Å². The molecule has 0 spiro atoms. The fraction of sp³-hybridized carbons (Fsp3) is 0.211. The van der Waals surface area contributed by atoms with Crippen LogP contribution in [0.25, 0.3) is 6.08 Å². The Bertz CT molecular complexity index is 673. The lowest BCUT2D eigenvalue weighted by Gasteiger charge is -2.17. The monoisotopic (exact) mass is 278 g/mol. The van der Waals surface area contributed by atoms with Crippen molar-refractivity contribution < 1.29 is 0 Å². The van der Waals surface area contributed by atoms with Crippen LogP contribution in [0.15, 0.2) is 48.0 Å². The molecule has 2 nitrogen and oxygen atoms in total. The molecule has 2 aromatic carbocycles. The summed E-state index contributed by atoms with van der Waals surface area (Å²) in [5, 5.41) is 3.49. The van der Waals surface area contributed by atoms with Crippen molar-refractivity contribution in [3.8, 4) is 0 Å². The third-order valence-electron chi connectivity index (χ3n) is 3.58. The molecule has 0 saturated carbocycles. The molecule has 0 atom stereocenters. The summed E-state index contributed by atoms with van der Waals surface area (Å²) in [4.78, 5) is 4.42. The smallest absolute Gasteiger partial charge is 0.133 e. The maximum atomic E-state index is 4.42.